The molecule has 0 saturated carbocycles. The van der Waals surface area contributed by atoms with Crippen molar-refractivity contribution in [2.75, 3.05) is 52.7 Å². The van der Waals surface area contributed by atoms with E-state index < -0.39 is 0 Å². The Labute approximate surface area is 193 Å². The van der Waals surface area contributed by atoms with E-state index in [0.717, 1.165) is 70.5 Å². The molecule has 0 spiro atoms. The van der Waals surface area contributed by atoms with Crippen LogP contribution in [0.5, 0.6) is 5.75 Å². The van der Waals surface area contributed by atoms with Gasteiger partial charge in [-0.05, 0) is 69.2 Å². The summed E-state index contributed by atoms with van der Waals surface area (Å²) in [6.07, 6.45) is 3.17. The van der Waals surface area contributed by atoms with Gasteiger partial charge in [-0.15, -0.1) is 24.0 Å². The van der Waals surface area contributed by atoms with Crippen molar-refractivity contribution in [2.24, 2.45) is 10.9 Å². The number of rotatable bonds is 11. The highest BCUT2D eigenvalue weighted by molar-refractivity contribution is 14.0. The fourth-order valence-corrected chi connectivity index (χ4v) is 3.22. The summed E-state index contributed by atoms with van der Waals surface area (Å²) in [6.45, 7) is 12.5. The largest absolute Gasteiger partial charge is 0.492 e. The van der Waals surface area contributed by atoms with Gasteiger partial charge in [0.25, 0.3) is 0 Å². The average molecular weight is 519 g/mol. The number of ether oxygens (including phenoxy) is 3. The molecule has 1 aromatic carbocycles. The van der Waals surface area contributed by atoms with Gasteiger partial charge in [0.1, 0.15) is 12.4 Å². The van der Waals surface area contributed by atoms with Crippen LogP contribution in [-0.4, -0.2) is 58.6 Å². The van der Waals surface area contributed by atoms with E-state index in [0.29, 0.717) is 19.1 Å². The summed E-state index contributed by atoms with van der Waals surface area (Å²) in [5, 5.41) is 6.59. The number of benzene rings is 1. The first-order chi connectivity index (χ1) is 13.7. The lowest BCUT2D eigenvalue weighted by molar-refractivity contribution is 0.0205. The van der Waals surface area contributed by atoms with E-state index in [9.17, 15) is 0 Å². The Kier molecular flexibility index (Phi) is 14.1. The number of hydrogen-bond acceptors (Lipinski definition) is 4. The van der Waals surface area contributed by atoms with E-state index in [4.69, 9.17) is 14.2 Å². The second-order valence-corrected chi connectivity index (χ2v) is 7.34. The van der Waals surface area contributed by atoms with Crippen molar-refractivity contribution in [1.29, 1.82) is 0 Å². The van der Waals surface area contributed by atoms with E-state index in [1.807, 2.05) is 0 Å². The van der Waals surface area contributed by atoms with Gasteiger partial charge in [0.05, 0.1) is 6.54 Å². The number of guanidine groups is 1. The molecule has 1 aromatic rings. The second-order valence-electron chi connectivity index (χ2n) is 7.34. The molecule has 6 nitrogen and oxygen atoms in total. The van der Waals surface area contributed by atoms with Crippen LogP contribution in [0.1, 0.15) is 37.3 Å². The molecular weight excluding hydrogens is 481 g/mol. The lowest BCUT2D eigenvalue weighted by Gasteiger charge is -2.21. The van der Waals surface area contributed by atoms with Crippen LogP contribution in [-0.2, 0) is 9.47 Å². The average Bonchev–Trinajstić information content (AvgIpc) is 2.68. The number of halogens is 1. The highest BCUT2D eigenvalue weighted by Gasteiger charge is 2.13. The summed E-state index contributed by atoms with van der Waals surface area (Å²) >= 11 is 0. The second kappa shape index (κ2) is 15.7. The first-order valence-corrected chi connectivity index (χ1v) is 10.6. The third kappa shape index (κ3) is 11.6. The summed E-state index contributed by atoms with van der Waals surface area (Å²) in [5.41, 5.74) is 2.44. The fourth-order valence-electron chi connectivity index (χ4n) is 3.22. The molecule has 2 N–H and O–H groups in total. The predicted molar refractivity (Wildman–Crippen MR) is 130 cm³/mol. The minimum Gasteiger partial charge on any atom is -0.492 e. The molecule has 0 aliphatic carbocycles. The van der Waals surface area contributed by atoms with Crippen LogP contribution in [0, 0.1) is 19.8 Å². The molecule has 1 saturated heterocycles. The van der Waals surface area contributed by atoms with E-state index in [-0.39, 0.29) is 24.0 Å². The summed E-state index contributed by atoms with van der Waals surface area (Å²) in [5.74, 6) is 2.41. The third-order valence-corrected chi connectivity index (χ3v) is 4.61. The maximum absolute atomic E-state index is 5.84. The zero-order chi connectivity index (χ0) is 20.0. The molecule has 0 unspecified atom stereocenters. The first-order valence-electron chi connectivity index (χ1n) is 10.6. The zero-order valence-electron chi connectivity index (χ0n) is 18.2. The highest BCUT2D eigenvalue weighted by atomic mass is 127. The maximum Gasteiger partial charge on any atom is 0.191 e. The van der Waals surface area contributed by atoms with Crippen LogP contribution in [0.4, 0.5) is 0 Å². The number of aliphatic imine (C=N–C) groups is 1. The quantitative estimate of drug-likeness (QED) is 0.202. The SMILES string of the molecule is CCNC(=NCCCOCC1CCOCC1)NCCOc1cc(C)cc(C)c1.I. The van der Waals surface area contributed by atoms with Crippen LogP contribution >= 0.6 is 24.0 Å². The molecule has 1 aliphatic heterocycles. The van der Waals surface area contributed by atoms with Crippen molar-refractivity contribution in [3.8, 4) is 5.75 Å². The predicted octanol–water partition coefficient (Wildman–Crippen LogP) is 3.69. The topological polar surface area (TPSA) is 64.1 Å². The maximum atomic E-state index is 5.84. The van der Waals surface area contributed by atoms with E-state index in [2.05, 4.69) is 54.6 Å². The summed E-state index contributed by atoms with van der Waals surface area (Å²) in [7, 11) is 0. The van der Waals surface area contributed by atoms with Gasteiger partial charge >= 0.3 is 0 Å². The third-order valence-electron chi connectivity index (χ3n) is 4.61. The van der Waals surface area contributed by atoms with E-state index >= 15 is 0 Å². The van der Waals surface area contributed by atoms with Gasteiger partial charge < -0.3 is 24.8 Å². The molecule has 0 bridgehead atoms. The number of hydrogen-bond donors (Lipinski definition) is 2. The van der Waals surface area contributed by atoms with Crippen LogP contribution in [0.25, 0.3) is 0 Å². The molecule has 7 heteroatoms. The van der Waals surface area contributed by atoms with E-state index in [1.165, 1.54) is 11.1 Å². The molecule has 0 radical (unpaired) electrons. The van der Waals surface area contributed by atoms with Gasteiger partial charge in [0.2, 0.25) is 0 Å². The van der Waals surface area contributed by atoms with Gasteiger partial charge in [0, 0.05) is 39.5 Å². The molecule has 0 aromatic heterocycles. The highest BCUT2D eigenvalue weighted by Crippen LogP contribution is 2.16. The normalized spacial score (nSPS) is 14.9. The van der Waals surface area contributed by atoms with E-state index in [1.54, 1.807) is 0 Å². The summed E-state index contributed by atoms with van der Waals surface area (Å²) < 4.78 is 17.0. The Bertz CT molecular complexity index is 572. The minimum atomic E-state index is 0. The molecule has 166 valence electrons. The minimum absolute atomic E-state index is 0. The molecular formula is C22H38IN3O3. The Morgan fingerprint density at radius 2 is 1.83 bits per heavy atom. The van der Waals surface area contributed by atoms with Crippen LogP contribution in [0.2, 0.25) is 0 Å². The Morgan fingerprint density at radius 1 is 1.10 bits per heavy atom. The number of nitrogens with one attached hydrogen (secondary N) is 2. The molecule has 1 heterocycles. The fraction of sp³-hybridized carbons (Fsp3) is 0.682. The smallest absolute Gasteiger partial charge is 0.191 e. The molecule has 1 fully saturated rings. The van der Waals surface area contributed by atoms with Crippen molar-refractivity contribution < 1.29 is 14.2 Å². The standard InChI is InChI=1S/C22H37N3O3.HI/c1-4-23-22(24-8-5-10-27-17-20-6-11-26-12-7-20)25-9-13-28-21-15-18(2)14-19(3)16-21;/h14-16,20H,4-13,17H2,1-3H3,(H2,23,24,25);1H. The van der Waals surface area contributed by atoms with Gasteiger partial charge in [-0.25, -0.2) is 0 Å². The van der Waals surface area contributed by atoms with Crippen LogP contribution in [0.15, 0.2) is 23.2 Å². The lowest BCUT2D eigenvalue weighted by Crippen LogP contribution is -2.39. The Balaban J connectivity index is 0.00000420. The van der Waals surface area contributed by atoms with Crippen LogP contribution < -0.4 is 15.4 Å². The van der Waals surface area contributed by atoms with Crippen molar-refractivity contribution in [1.82, 2.24) is 10.6 Å². The van der Waals surface area contributed by atoms with Crippen LogP contribution in [0.3, 0.4) is 0 Å². The number of aryl methyl sites for hydroxylation is 2. The molecule has 0 atom stereocenters. The Hall–Kier alpha value is -1.06. The zero-order valence-corrected chi connectivity index (χ0v) is 20.5. The summed E-state index contributed by atoms with van der Waals surface area (Å²) in [4.78, 5) is 4.61. The van der Waals surface area contributed by atoms with Crippen molar-refractivity contribution in [2.45, 2.75) is 40.0 Å². The number of nitrogens with zero attached hydrogens (tertiary/aromatic N) is 1. The molecule has 2 rings (SSSR count). The lowest BCUT2D eigenvalue weighted by atomic mass is 10.0. The van der Waals surface area contributed by atoms with Crippen molar-refractivity contribution >= 4 is 29.9 Å². The molecule has 1 aliphatic rings. The monoisotopic (exact) mass is 519 g/mol. The van der Waals surface area contributed by atoms with Gasteiger partial charge in [0.15, 0.2) is 5.96 Å². The van der Waals surface area contributed by atoms with Crippen molar-refractivity contribution in [3.63, 3.8) is 0 Å². The van der Waals surface area contributed by atoms with Gasteiger partial charge in [-0.1, -0.05) is 6.07 Å². The first kappa shape index (κ1) is 26.0. The molecule has 0 amide bonds. The van der Waals surface area contributed by atoms with Gasteiger partial charge in [-0.2, -0.15) is 0 Å². The summed E-state index contributed by atoms with van der Waals surface area (Å²) in [6, 6.07) is 6.27. The Morgan fingerprint density at radius 3 is 2.52 bits per heavy atom. The van der Waals surface area contributed by atoms with Crippen molar-refractivity contribution in [3.05, 3.63) is 29.3 Å². The molecule has 29 heavy (non-hydrogen) atoms. The van der Waals surface area contributed by atoms with Gasteiger partial charge in [-0.3, -0.25) is 4.99 Å².